The summed E-state index contributed by atoms with van der Waals surface area (Å²) in [6, 6.07) is 10.2. The molecule has 1 aromatic heterocycles. The second-order valence-corrected chi connectivity index (χ2v) is 6.00. The van der Waals surface area contributed by atoms with Crippen molar-refractivity contribution in [2.75, 3.05) is 5.32 Å². The molecular weight excluding hydrogens is 353 g/mol. The molecule has 1 heterocycles. The monoisotopic (exact) mass is 369 g/mol. The lowest BCUT2D eigenvalue weighted by Crippen LogP contribution is -2.19. The SMILES string of the molecule is Cc1nc(-c2cccc(NC(=O)[C@@H](C)c3ccc([N+](=O)[O-])cc3F)c2)n[nH]1. The van der Waals surface area contributed by atoms with Gasteiger partial charge in [0.25, 0.3) is 5.69 Å². The van der Waals surface area contributed by atoms with Gasteiger partial charge in [-0.2, -0.15) is 5.10 Å². The molecule has 0 fully saturated rings. The van der Waals surface area contributed by atoms with Crippen molar-refractivity contribution < 1.29 is 14.1 Å². The summed E-state index contributed by atoms with van der Waals surface area (Å²) in [7, 11) is 0. The molecule has 3 aromatic rings. The highest BCUT2D eigenvalue weighted by Gasteiger charge is 2.21. The molecule has 1 amide bonds. The fourth-order valence-corrected chi connectivity index (χ4v) is 2.58. The Morgan fingerprint density at radius 2 is 2.07 bits per heavy atom. The number of aromatic nitrogens is 3. The molecule has 3 rings (SSSR count). The molecule has 0 aliphatic rings. The molecule has 27 heavy (non-hydrogen) atoms. The lowest BCUT2D eigenvalue weighted by Gasteiger charge is -2.13. The van der Waals surface area contributed by atoms with Gasteiger partial charge in [0, 0.05) is 22.9 Å². The Morgan fingerprint density at radius 1 is 1.30 bits per heavy atom. The summed E-state index contributed by atoms with van der Waals surface area (Å²) < 4.78 is 14.1. The molecule has 0 aliphatic heterocycles. The molecule has 0 aliphatic carbocycles. The Hall–Kier alpha value is -3.62. The van der Waals surface area contributed by atoms with Crippen LogP contribution in [0, 0.1) is 22.9 Å². The number of carbonyl (C=O) groups excluding carboxylic acids is 1. The largest absolute Gasteiger partial charge is 0.326 e. The molecule has 0 unspecified atom stereocenters. The highest BCUT2D eigenvalue weighted by molar-refractivity contribution is 5.96. The van der Waals surface area contributed by atoms with Gasteiger partial charge in [-0.05, 0) is 32.0 Å². The topological polar surface area (TPSA) is 114 Å². The van der Waals surface area contributed by atoms with Crippen molar-refractivity contribution in [1.29, 1.82) is 0 Å². The van der Waals surface area contributed by atoms with Crippen molar-refractivity contribution in [2.45, 2.75) is 19.8 Å². The van der Waals surface area contributed by atoms with Crippen molar-refractivity contribution in [3.63, 3.8) is 0 Å². The highest BCUT2D eigenvalue weighted by Crippen LogP contribution is 2.25. The predicted octanol–water partition coefficient (Wildman–Crippen LogP) is 3.57. The van der Waals surface area contributed by atoms with Crippen LogP contribution in [0.15, 0.2) is 42.5 Å². The zero-order valence-electron chi connectivity index (χ0n) is 14.6. The van der Waals surface area contributed by atoms with Crippen molar-refractivity contribution in [1.82, 2.24) is 15.2 Å². The van der Waals surface area contributed by atoms with Crippen LogP contribution in [0.2, 0.25) is 0 Å². The number of amides is 1. The third kappa shape index (κ3) is 3.97. The predicted molar refractivity (Wildman–Crippen MR) is 96.7 cm³/mol. The first-order valence-corrected chi connectivity index (χ1v) is 8.09. The van der Waals surface area contributed by atoms with Gasteiger partial charge in [0.2, 0.25) is 5.91 Å². The van der Waals surface area contributed by atoms with E-state index in [1.165, 1.54) is 19.1 Å². The van der Waals surface area contributed by atoms with Crippen LogP contribution >= 0.6 is 0 Å². The first kappa shape index (κ1) is 18.2. The second-order valence-electron chi connectivity index (χ2n) is 6.00. The maximum atomic E-state index is 14.1. The smallest absolute Gasteiger partial charge is 0.272 e. The van der Waals surface area contributed by atoms with Gasteiger partial charge in [0.15, 0.2) is 5.82 Å². The van der Waals surface area contributed by atoms with Gasteiger partial charge >= 0.3 is 0 Å². The number of nitrogens with zero attached hydrogens (tertiary/aromatic N) is 3. The van der Waals surface area contributed by atoms with Crippen LogP contribution in [0.5, 0.6) is 0 Å². The van der Waals surface area contributed by atoms with E-state index in [2.05, 4.69) is 20.5 Å². The fourth-order valence-electron chi connectivity index (χ4n) is 2.58. The van der Waals surface area contributed by atoms with Gasteiger partial charge in [-0.25, -0.2) is 9.37 Å². The quantitative estimate of drug-likeness (QED) is 0.527. The number of nitro benzene ring substituents is 1. The average molecular weight is 369 g/mol. The van der Waals surface area contributed by atoms with Crippen molar-refractivity contribution in [2.24, 2.45) is 0 Å². The number of halogens is 1. The average Bonchev–Trinajstić information content (AvgIpc) is 3.07. The maximum Gasteiger partial charge on any atom is 0.272 e. The number of carbonyl (C=O) groups is 1. The summed E-state index contributed by atoms with van der Waals surface area (Å²) in [6.45, 7) is 3.31. The minimum Gasteiger partial charge on any atom is -0.326 e. The molecule has 138 valence electrons. The van der Waals surface area contributed by atoms with Crippen molar-refractivity contribution in [3.05, 3.63) is 69.8 Å². The lowest BCUT2D eigenvalue weighted by molar-refractivity contribution is -0.385. The number of aryl methyl sites for hydroxylation is 1. The van der Waals surface area contributed by atoms with E-state index in [1.54, 1.807) is 31.2 Å². The number of nitro groups is 1. The minimum atomic E-state index is -0.833. The molecule has 9 heteroatoms. The second kappa shape index (κ2) is 7.32. The third-order valence-electron chi connectivity index (χ3n) is 4.04. The van der Waals surface area contributed by atoms with E-state index >= 15 is 0 Å². The van der Waals surface area contributed by atoms with E-state index in [4.69, 9.17) is 0 Å². The van der Waals surface area contributed by atoms with Gasteiger partial charge < -0.3 is 5.32 Å². The summed E-state index contributed by atoms with van der Waals surface area (Å²) in [4.78, 5) is 26.7. The zero-order chi connectivity index (χ0) is 19.6. The van der Waals surface area contributed by atoms with Crippen molar-refractivity contribution in [3.8, 4) is 11.4 Å². The first-order chi connectivity index (χ1) is 12.8. The Kier molecular flexibility index (Phi) is 4.93. The fraction of sp³-hybridized carbons (Fsp3) is 0.167. The summed E-state index contributed by atoms with van der Waals surface area (Å²) in [5, 5.41) is 20.2. The van der Waals surface area contributed by atoms with Gasteiger partial charge in [-0.1, -0.05) is 12.1 Å². The van der Waals surface area contributed by atoms with Crippen LogP contribution in [-0.2, 0) is 4.79 Å². The Labute approximate surface area is 153 Å². The molecular formula is C18H16FN5O3. The summed E-state index contributed by atoms with van der Waals surface area (Å²) in [5.41, 5.74) is 0.942. The van der Waals surface area contributed by atoms with Gasteiger partial charge in [-0.15, -0.1) is 0 Å². The van der Waals surface area contributed by atoms with E-state index in [0.717, 1.165) is 6.07 Å². The number of aromatic amines is 1. The van der Waals surface area contributed by atoms with Crippen molar-refractivity contribution >= 4 is 17.3 Å². The lowest BCUT2D eigenvalue weighted by atomic mass is 9.99. The number of non-ortho nitro benzene ring substituents is 1. The van der Waals surface area contributed by atoms with E-state index < -0.39 is 22.6 Å². The zero-order valence-corrected chi connectivity index (χ0v) is 14.6. The molecule has 1 atom stereocenters. The number of benzene rings is 2. The standard InChI is InChI=1S/C18H16FN5O3/c1-10(15-7-6-14(24(26)27)9-16(15)19)18(25)21-13-5-3-4-12(8-13)17-20-11(2)22-23-17/h3-10H,1-2H3,(H,21,25)(H,20,22,23)/t10-/m0/s1. The summed E-state index contributed by atoms with van der Waals surface area (Å²) >= 11 is 0. The van der Waals surface area contributed by atoms with Gasteiger partial charge in [-0.3, -0.25) is 20.0 Å². The third-order valence-corrected chi connectivity index (χ3v) is 4.04. The van der Waals surface area contributed by atoms with Crippen LogP contribution in [0.3, 0.4) is 0 Å². The van der Waals surface area contributed by atoms with Crippen LogP contribution in [-0.4, -0.2) is 26.0 Å². The molecule has 0 saturated carbocycles. The molecule has 2 N–H and O–H groups in total. The maximum absolute atomic E-state index is 14.1. The number of hydrogen-bond donors (Lipinski definition) is 2. The van der Waals surface area contributed by atoms with Gasteiger partial charge in [0.05, 0.1) is 16.9 Å². The molecule has 0 radical (unpaired) electrons. The Morgan fingerprint density at radius 3 is 2.70 bits per heavy atom. The van der Waals surface area contributed by atoms with Gasteiger partial charge in [0.1, 0.15) is 11.6 Å². The van der Waals surface area contributed by atoms with E-state index in [0.29, 0.717) is 22.9 Å². The van der Waals surface area contributed by atoms with Crippen LogP contribution < -0.4 is 5.32 Å². The highest BCUT2D eigenvalue weighted by atomic mass is 19.1. The first-order valence-electron chi connectivity index (χ1n) is 8.09. The number of H-pyrrole nitrogens is 1. The Balaban J connectivity index is 1.78. The number of rotatable bonds is 5. The van der Waals surface area contributed by atoms with Crippen LogP contribution in [0.25, 0.3) is 11.4 Å². The molecule has 2 aromatic carbocycles. The van der Waals surface area contributed by atoms with Crippen LogP contribution in [0.1, 0.15) is 24.2 Å². The summed E-state index contributed by atoms with van der Waals surface area (Å²) in [6.07, 6.45) is 0. The van der Waals surface area contributed by atoms with E-state index in [1.807, 2.05) is 0 Å². The molecule has 0 spiro atoms. The van der Waals surface area contributed by atoms with Crippen LogP contribution in [0.4, 0.5) is 15.8 Å². The summed E-state index contributed by atoms with van der Waals surface area (Å²) in [5.74, 6) is -0.900. The number of hydrogen-bond acceptors (Lipinski definition) is 5. The number of nitrogens with one attached hydrogen (secondary N) is 2. The molecule has 8 nitrogen and oxygen atoms in total. The molecule has 0 saturated heterocycles. The molecule has 0 bridgehead atoms. The normalized spacial score (nSPS) is 11.8. The number of anilines is 1. The van der Waals surface area contributed by atoms with E-state index in [-0.39, 0.29) is 11.3 Å². The van der Waals surface area contributed by atoms with E-state index in [9.17, 15) is 19.3 Å². The Bertz CT molecular complexity index is 1020. The minimum absolute atomic E-state index is 0.0823.